The lowest BCUT2D eigenvalue weighted by Gasteiger charge is -2.29. The number of fused-ring (bicyclic) bond motifs is 1. The summed E-state index contributed by atoms with van der Waals surface area (Å²) in [5.41, 5.74) is 2.25. The Labute approximate surface area is 184 Å². The van der Waals surface area contributed by atoms with Gasteiger partial charge in [-0.15, -0.1) is 0 Å². The zero-order chi connectivity index (χ0) is 22.9. The minimum atomic E-state index is -4.13. The zero-order valence-electron chi connectivity index (χ0n) is 16.8. The van der Waals surface area contributed by atoms with Crippen LogP contribution in [-0.4, -0.2) is 35.8 Å². The van der Waals surface area contributed by atoms with Gasteiger partial charge in [-0.3, -0.25) is 19.6 Å². The molecular weight excluding hydrogens is 434 g/mol. The number of nitrogens with zero attached hydrogens (tertiary/aromatic N) is 2. The molecule has 0 atom stereocenters. The number of carbonyl (C=O) groups excluding carboxylic acids is 1. The van der Waals surface area contributed by atoms with Gasteiger partial charge in [0.1, 0.15) is 0 Å². The van der Waals surface area contributed by atoms with Crippen LogP contribution in [0.25, 0.3) is 0 Å². The topological polar surface area (TPSA) is 130 Å². The van der Waals surface area contributed by atoms with E-state index in [1.165, 1.54) is 29.8 Å². The third-order valence-electron chi connectivity index (χ3n) is 5.26. The van der Waals surface area contributed by atoms with Crippen LogP contribution in [0.3, 0.4) is 0 Å². The fourth-order valence-electron chi connectivity index (χ4n) is 3.56. The maximum Gasteiger partial charge on any atom is 0.312 e. The van der Waals surface area contributed by atoms with Crippen LogP contribution in [0.5, 0.6) is 5.75 Å². The number of rotatable bonds is 5. The number of carbonyl (C=O) groups is 1. The average molecular weight is 453 g/mol. The van der Waals surface area contributed by atoms with Crippen LogP contribution < -0.4 is 4.72 Å². The number of hydrogen-bond donors (Lipinski definition) is 2. The van der Waals surface area contributed by atoms with E-state index in [4.69, 9.17) is 0 Å². The van der Waals surface area contributed by atoms with E-state index in [1.807, 2.05) is 18.2 Å². The molecule has 1 aliphatic rings. The van der Waals surface area contributed by atoms with Gasteiger partial charge in [-0.05, 0) is 53.9 Å². The summed E-state index contributed by atoms with van der Waals surface area (Å²) >= 11 is 0. The van der Waals surface area contributed by atoms with Crippen LogP contribution in [0.4, 0.5) is 11.4 Å². The molecule has 10 heteroatoms. The molecule has 3 aromatic rings. The van der Waals surface area contributed by atoms with Crippen LogP contribution in [0, 0.1) is 10.1 Å². The normalized spacial score (nSPS) is 13.3. The first-order chi connectivity index (χ1) is 15.2. The van der Waals surface area contributed by atoms with E-state index in [2.05, 4.69) is 10.8 Å². The number of benzene rings is 3. The number of aromatic hydroxyl groups is 1. The number of phenolic OH excluding ortho intramolecular Hbond substituents is 1. The van der Waals surface area contributed by atoms with Gasteiger partial charge in [0, 0.05) is 30.4 Å². The zero-order valence-corrected chi connectivity index (χ0v) is 17.6. The molecule has 1 amide bonds. The molecule has 9 nitrogen and oxygen atoms in total. The quantitative estimate of drug-likeness (QED) is 0.450. The first-order valence-electron chi connectivity index (χ1n) is 9.71. The number of hydrogen-bond acceptors (Lipinski definition) is 6. The van der Waals surface area contributed by atoms with E-state index in [0.717, 1.165) is 30.2 Å². The van der Waals surface area contributed by atoms with Crippen LogP contribution in [-0.2, 0) is 23.0 Å². The molecule has 0 unspecified atom stereocenters. The molecule has 1 heterocycles. The predicted molar refractivity (Wildman–Crippen MR) is 117 cm³/mol. The SMILES string of the molecule is O=C(c1ccc(NS(=O)(=O)c2ccc(O)c([N+](=O)[O-])c2)cc1)N1CCc2ccccc2C1. The maximum absolute atomic E-state index is 12.9. The van der Waals surface area contributed by atoms with E-state index in [-0.39, 0.29) is 16.5 Å². The molecule has 0 spiro atoms. The molecule has 0 radical (unpaired) electrons. The van der Waals surface area contributed by atoms with Crippen molar-refractivity contribution in [1.29, 1.82) is 0 Å². The molecule has 0 aliphatic carbocycles. The smallest absolute Gasteiger partial charge is 0.312 e. The molecule has 0 saturated carbocycles. The summed E-state index contributed by atoms with van der Waals surface area (Å²) in [6.45, 7) is 1.12. The average Bonchev–Trinajstić information content (AvgIpc) is 2.78. The maximum atomic E-state index is 12.9. The summed E-state index contributed by atoms with van der Waals surface area (Å²) < 4.78 is 27.5. The monoisotopic (exact) mass is 453 g/mol. The van der Waals surface area contributed by atoms with Gasteiger partial charge in [-0.25, -0.2) is 8.42 Å². The molecule has 0 fully saturated rings. The molecular formula is C22H19N3O6S. The number of sulfonamides is 1. The summed E-state index contributed by atoms with van der Waals surface area (Å²) in [4.78, 5) is 24.3. The largest absolute Gasteiger partial charge is 0.502 e. The predicted octanol–water partition coefficient (Wildman–Crippen LogP) is 3.30. The Kier molecular flexibility index (Phi) is 5.54. The summed E-state index contributed by atoms with van der Waals surface area (Å²) in [5.74, 6) is -0.778. The lowest BCUT2D eigenvalue weighted by Crippen LogP contribution is -2.35. The molecule has 0 aromatic heterocycles. The Morgan fingerprint density at radius 2 is 1.72 bits per heavy atom. The fraction of sp³-hybridized carbons (Fsp3) is 0.136. The van der Waals surface area contributed by atoms with Crippen molar-refractivity contribution < 1.29 is 23.2 Å². The van der Waals surface area contributed by atoms with Gasteiger partial charge in [0.15, 0.2) is 5.75 Å². The van der Waals surface area contributed by atoms with E-state index in [1.54, 1.807) is 4.90 Å². The second-order valence-corrected chi connectivity index (χ2v) is 9.02. The fourth-order valence-corrected chi connectivity index (χ4v) is 4.64. The number of nitrogens with one attached hydrogen (secondary N) is 1. The van der Waals surface area contributed by atoms with Gasteiger partial charge in [0.25, 0.3) is 15.9 Å². The lowest BCUT2D eigenvalue weighted by atomic mass is 9.99. The van der Waals surface area contributed by atoms with Crippen molar-refractivity contribution in [3.05, 3.63) is 93.5 Å². The Balaban J connectivity index is 1.49. The van der Waals surface area contributed by atoms with Crippen LogP contribution in [0.1, 0.15) is 21.5 Å². The van der Waals surface area contributed by atoms with Crippen molar-refractivity contribution in [1.82, 2.24) is 4.90 Å². The van der Waals surface area contributed by atoms with Crippen molar-refractivity contribution in [2.24, 2.45) is 0 Å². The van der Waals surface area contributed by atoms with Crippen molar-refractivity contribution in [3.63, 3.8) is 0 Å². The van der Waals surface area contributed by atoms with E-state index in [9.17, 15) is 28.4 Å². The number of phenols is 1. The van der Waals surface area contributed by atoms with Gasteiger partial charge in [-0.2, -0.15) is 0 Å². The summed E-state index contributed by atoms with van der Waals surface area (Å²) in [7, 11) is -4.13. The third kappa shape index (κ3) is 4.26. The van der Waals surface area contributed by atoms with Gasteiger partial charge in [0.2, 0.25) is 0 Å². The van der Waals surface area contributed by atoms with Crippen molar-refractivity contribution in [2.75, 3.05) is 11.3 Å². The standard InChI is InChI=1S/C22H19N3O6S/c26-21-10-9-19(13-20(21)25(28)29)32(30,31)23-18-7-5-16(6-8-18)22(27)24-12-11-15-3-1-2-4-17(15)14-24/h1-10,13,23,26H,11-12,14H2. The van der Waals surface area contributed by atoms with E-state index < -0.39 is 26.4 Å². The van der Waals surface area contributed by atoms with E-state index >= 15 is 0 Å². The van der Waals surface area contributed by atoms with Crippen LogP contribution in [0.15, 0.2) is 71.6 Å². The van der Waals surface area contributed by atoms with Gasteiger partial charge in [-0.1, -0.05) is 24.3 Å². The highest BCUT2D eigenvalue weighted by Crippen LogP contribution is 2.29. The molecule has 0 saturated heterocycles. The highest BCUT2D eigenvalue weighted by atomic mass is 32.2. The Morgan fingerprint density at radius 3 is 2.41 bits per heavy atom. The number of amides is 1. The Bertz CT molecular complexity index is 1310. The van der Waals surface area contributed by atoms with Crippen molar-refractivity contribution in [3.8, 4) is 5.75 Å². The minimum absolute atomic E-state index is 0.150. The summed E-state index contributed by atoms with van der Waals surface area (Å²) in [6.07, 6.45) is 0.776. The second-order valence-electron chi connectivity index (χ2n) is 7.34. The van der Waals surface area contributed by atoms with Crippen LogP contribution in [0.2, 0.25) is 0 Å². The number of nitro benzene ring substituents is 1. The third-order valence-corrected chi connectivity index (χ3v) is 6.63. The lowest BCUT2D eigenvalue weighted by molar-refractivity contribution is -0.386. The molecule has 3 aromatic carbocycles. The summed E-state index contributed by atoms with van der Waals surface area (Å²) in [6, 6.07) is 16.7. The number of nitro groups is 1. The molecule has 0 bridgehead atoms. The van der Waals surface area contributed by atoms with Crippen molar-refractivity contribution >= 4 is 27.3 Å². The van der Waals surface area contributed by atoms with Gasteiger partial charge < -0.3 is 10.0 Å². The minimum Gasteiger partial charge on any atom is -0.502 e. The molecule has 164 valence electrons. The molecule has 32 heavy (non-hydrogen) atoms. The Hall–Kier alpha value is -3.92. The summed E-state index contributed by atoms with van der Waals surface area (Å²) in [5, 5.41) is 20.5. The van der Waals surface area contributed by atoms with Crippen molar-refractivity contribution in [2.45, 2.75) is 17.9 Å². The van der Waals surface area contributed by atoms with Crippen LogP contribution >= 0.6 is 0 Å². The second kappa shape index (κ2) is 8.31. The molecule has 1 aliphatic heterocycles. The first-order valence-corrected chi connectivity index (χ1v) is 11.2. The van der Waals surface area contributed by atoms with E-state index in [0.29, 0.717) is 18.7 Å². The number of anilines is 1. The molecule has 4 rings (SSSR count). The molecule has 2 N–H and O–H groups in total. The Morgan fingerprint density at radius 1 is 1.03 bits per heavy atom. The highest BCUT2D eigenvalue weighted by Gasteiger charge is 2.23. The van der Waals surface area contributed by atoms with Gasteiger partial charge in [0.05, 0.1) is 9.82 Å². The van der Waals surface area contributed by atoms with Gasteiger partial charge >= 0.3 is 5.69 Å². The highest BCUT2D eigenvalue weighted by molar-refractivity contribution is 7.92. The first kappa shape index (κ1) is 21.3.